The molecule has 1 aromatic carbocycles. The summed E-state index contributed by atoms with van der Waals surface area (Å²) in [6, 6.07) is 15.6. The molecule has 0 spiro atoms. The topological polar surface area (TPSA) is 34.0 Å². The number of carbonyl (C=O) groups is 1. The standard InChI is InChI=1S/C18H17ClN2OS/c19-15-7-5-14(6-8-15)13-20-18(22)12-16(17-4-3-11-23-17)21-9-1-2-10-21/h1-11,16H,12-13H2,(H,20,22)/t16-/m0/s1. The van der Waals surface area contributed by atoms with Gasteiger partial charge in [0.05, 0.1) is 12.5 Å². The molecule has 23 heavy (non-hydrogen) atoms. The minimum atomic E-state index is 0.0343. The van der Waals surface area contributed by atoms with Crippen molar-refractivity contribution in [2.45, 2.75) is 19.0 Å². The van der Waals surface area contributed by atoms with Gasteiger partial charge in [-0.25, -0.2) is 0 Å². The Labute approximate surface area is 144 Å². The maximum Gasteiger partial charge on any atom is 0.222 e. The molecule has 2 heterocycles. The molecule has 0 fully saturated rings. The van der Waals surface area contributed by atoms with Crippen molar-refractivity contribution in [3.05, 3.63) is 81.8 Å². The van der Waals surface area contributed by atoms with E-state index in [4.69, 9.17) is 11.6 Å². The van der Waals surface area contributed by atoms with E-state index in [-0.39, 0.29) is 11.9 Å². The smallest absolute Gasteiger partial charge is 0.222 e. The molecule has 0 radical (unpaired) electrons. The van der Waals surface area contributed by atoms with Gasteiger partial charge < -0.3 is 9.88 Å². The van der Waals surface area contributed by atoms with Gasteiger partial charge in [-0.1, -0.05) is 29.8 Å². The minimum absolute atomic E-state index is 0.0343. The molecule has 0 bridgehead atoms. The number of halogens is 1. The Balaban J connectivity index is 1.63. The monoisotopic (exact) mass is 344 g/mol. The maximum absolute atomic E-state index is 12.3. The van der Waals surface area contributed by atoms with Gasteiger partial charge in [0.2, 0.25) is 5.91 Å². The van der Waals surface area contributed by atoms with Crippen molar-refractivity contribution in [1.29, 1.82) is 0 Å². The molecule has 1 N–H and O–H groups in total. The van der Waals surface area contributed by atoms with Crippen molar-refractivity contribution in [2.24, 2.45) is 0 Å². The third kappa shape index (κ3) is 4.24. The van der Waals surface area contributed by atoms with Crippen LogP contribution < -0.4 is 5.32 Å². The van der Waals surface area contributed by atoms with Crippen molar-refractivity contribution in [3.8, 4) is 0 Å². The molecule has 2 aromatic heterocycles. The maximum atomic E-state index is 12.3. The van der Waals surface area contributed by atoms with Crippen molar-refractivity contribution < 1.29 is 4.79 Å². The average molecular weight is 345 g/mol. The summed E-state index contributed by atoms with van der Waals surface area (Å²) < 4.78 is 2.08. The predicted octanol–water partition coefficient (Wildman–Crippen LogP) is 4.50. The van der Waals surface area contributed by atoms with E-state index in [2.05, 4.69) is 16.0 Å². The largest absolute Gasteiger partial charge is 0.352 e. The summed E-state index contributed by atoms with van der Waals surface area (Å²) in [5.41, 5.74) is 1.04. The molecule has 1 atom stereocenters. The van der Waals surface area contributed by atoms with E-state index >= 15 is 0 Å². The van der Waals surface area contributed by atoms with Gasteiger partial charge in [0.1, 0.15) is 0 Å². The molecule has 3 nitrogen and oxygen atoms in total. The Bertz CT molecular complexity index is 702. The number of nitrogens with one attached hydrogen (secondary N) is 1. The van der Waals surface area contributed by atoms with E-state index in [1.54, 1.807) is 11.3 Å². The lowest BCUT2D eigenvalue weighted by Gasteiger charge is -2.17. The van der Waals surface area contributed by atoms with Gasteiger partial charge in [0.25, 0.3) is 0 Å². The first kappa shape index (κ1) is 15.8. The Morgan fingerprint density at radius 2 is 1.87 bits per heavy atom. The zero-order valence-electron chi connectivity index (χ0n) is 12.5. The van der Waals surface area contributed by atoms with E-state index < -0.39 is 0 Å². The number of nitrogens with zero attached hydrogens (tertiary/aromatic N) is 1. The molecular formula is C18H17ClN2OS. The lowest BCUT2D eigenvalue weighted by Crippen LogP contribution is -2.26. The molecule has 0 aliphatic rings. The third-order valence-corrected chi connectivity index (χ3v) is 4.87. The normalized spacial score (nSPS) is 12.0. The van der Waals surface area contributed by atoms with Gasteiger partial charge >= 0.3 is 0 Å². The molecular weight excluding hydrogens is 328 g/mol. The fourth-order valence-electron chi connectivity index (χ4n) is 2.44. The number of hydrogen-bond donors (Lipinski definition) is 1. The second-order valence-corrected chi connectivity index (χ2v) is 6.68. The quantitative estimate of drug-likeness (QED) is 0.702. The number of benzene rings is 1. The Morgan fingerprint density at radius 1 is 1.13 bits per heavy atom. The highest BCUT2D eigenvalue weighted by atomic mass is 35.5. The first-order valence-electron chi connectivity index (χ1n) is 7.39. The van der Waals surface area contributed by atoms with Crippen LogP contribution in [0.5, 0.6) is 0 Å². The number of amides is 1. The van der Waals surface area contributed by atoms with E-state index in [1.165, 1.54) is 4.88 Å². The van der Waals surface area contributed by atoms with Crippen molar-refractivity contribution >= 4 is 28.8 Å². The van der Waals surface area contributed by atoms with Gasteiger partial charge in [-0.2, -0.15) is 0 Å². The van der Waals surface area contributed by atoms with Crippen molar-refractivity contribution in [1.82, 2.24) is 9.88 Å². The van der Waals surface area contributed by atoms with Crippen LogP contribution in [-0.4, -0.2) is 10.5 Å². The molecule has 3 aromatic rings. The number of carbonyl (C=O) groups excluding carboxylic acids is 1. The van der Waals surface area contributed by atoms with Gasteiger partial charge in [-0.3, -0.25) is 4.79 Å². The number of hydrogen-bond acceptors (Lipinski definition) is 2. The fraction of sp³-hybridized carbons (Fsp3) is 0.167. The summed E-state index contributed by atoms with van der Waals surface area (Å²) in [5.74, 6) is 0.0343. The molecule has 0 saturated carbocycles. The lowest BCUT2D eigenvalue weighted by molar-refractivity contribution is -0.121. The van der Waals surface area contributed by atoms with Crippen molar-refractivity contribution in [2.75, 3.05) is 0 Å². The van der Waals surface area contributed by atoms with Gasteiger partial charge in [-0.05, 0) is 41.3 Å². The average Bonchev–Trinajstić information content (AvgIpc) is 3.25. The molecule has 0 unspecified atom stereocenters. The van der Waals surface area contributed by atoms with Crippen LogP contribution in [0.4, 0.5) is 0 Å². The van der Waals surface area contributed by atoms with E-state index in [1.807, 2.05) is 60.2 Å². The lowest BCUT2D eigenvalue weighted by atomic mass is 10.1. The zero-order chi connectivity index (χ0) is 16.1. The highest BCUT2D eigenvalue weighted by molar-refractivity contribution is 7.10. The molecule has 3 rings (SSSR count). The van der Waals surface area contributed by atoms with Gasteiger partial charge in [-0.15, -0.1) is 11.3 Å². The van der Waals surface area contributed by atoms with Crippen LogP contribution in [0.2, 0.25) is 5.02 Å². The molecule has 0 aliphatic carbocycles. The first-order chi connectivity index (χ1) is 11.2. The first-order valence-corrected chi connectivity index (χ1v) is 8.65. The summed E-state index contributed by atoms with van der Waals surface area (Å²) in [6.45, 7) is 0.513. The van der Waals surface area contributed by atoms with Crippen molar-refractivity contribution in [3.63, 3.8) is 0 Å². The van der Waals surface area contributed by atoms with Crippen LogP contribution in [0.3, 0.4) is 0 Å². The predicted molar refractivity (Wildman–Crippen MR) is 94.8 cm³/mol. The van der Waals surface area contributed by atoms with Gasteiger partial charge in [0.15, 0.2) is 0 Å². The number of rotatable bonds is 6. The molecule has 118 valence electrons. The Kier molecular flexibility index (Phi) is 5.16. The minimum Gasteiger partial charge on any atom is -0.352 e. The van der Waals surface area contributed by atoms with E-state index in [0.29, 0.717) is 18.0 Å². The van der Waals surface area contributed by atoms with Crippen LogP contribution in [-0.2, 0) is 11.3 Å². The van der Waals surface area contributed by atoms with Gasteiger partial charge in [0, 0.05) is 28.8 Å². The highest BCUT2D eigenvalue weighted by Crippen LogP contribution is 2.26. The fourth-order valence-corrected chi connectivity index (χ4v) is 3.40. The summed E-state index contributed by atoms with van der Waals surface area (Å²) in [4.78, 5) is 13.5. The summed E-state index contributed by atoms with van der Waals surface area (Å²) in [6.07, 6.45) is 4.41. The van der Waals surface area contributed by atoms with Crippen LogP contribution >= 0.6 is 22.9 Å². The summed E-state index contributed by atoms with van der Waals surface area (Å²) in [7, 11) is 0. The zero-order valence-corrected chi connectivity index (χ0v) is 14.1. The number of aromatic nitrogens is 1. The molecule has 5 heteroatoms. The van der Waals surface area contributed by atoms with Crippen LogP contribution in [0.1, 0.15) is 22.9 Å². The van der Waals surface area contributed by atoms with Crippen LogP contribution in [0.25, 0.3) is 0 Å². The second-order valence-electron chi connectivity index (χ2n) is 5.27. The Morgan fingerprint density at radius 3 is 2.52 bits per heavy atom. The third-order valence-electron chi connectivity index (χ3n) is 3.64. The summed E-state index contributed by atoms with van der Waals surface area (Å²) in [5, 5.41) is 5.72. The number of thiophene rings is 1. The van der Waals surface area contributed by atoms with Crippen LogP contribution in [0.15, 0.2) is 66.3 Å². The SMILES string of the molecule is O=C(C[C@@H](c1cccs1)n1cccc1)NCc1ccc(Cl)cc1. The Hall–Kier alpha value is -2.04. The van der Waals surface area contributed by atoms with E-state index in [0.717, 1.165) is 5.56 Å². The van der Waals surface area contributed by atoms with Crippen LogP contribution in [0, 0.1) is 0 Å². The van der Waals surface area contributed by atoms with E-state index in [9.17, 15) is 4.79 Å². The molecule has 1 amide bonds. The second kappa shape index (κ2) is 7.49. The molecule has 0 saturated heterocycles. The molecule has 0 aliphatic heterocycles. The summed E-state index contributed by atoms with van der Waals surface area (Å²) >= 11 is 7.54. The highest BCUT2D eigenvalue weighted by Gasteiger charge is 2.18.